The summed E-state index contributed by atoms with van der Waals surface area (Å²) in [5.74, 6) is -0.104. The standard InChI is InChI=1S/C15H24N4O3/c1-2-22-14(21)19-9-7-18(8-10-19)11-13(20)17-15(12-16)5-3-4-6-15/h2-11H2,1H3,(H,17,20). The zero-order valence-corrected chi connectivity index (χ0v) is 13.1. The van der Waals surface area contributed by atoms with E-state index in [2.05, 4.69) is 11.4 Å². The van der Waals surface area contributed by atoms with Gasteiger partial charge in [0, 0.05) is 26.2 Å². The molecule has 2 aliphatic rings. The Morgan fingerprint density at radius 1 is 1.23 bits per heavy atom. The zero-order chi connectivity index (χ0) is 16.0. The highest BCUT2D eigenvalue weighted by Crippen LogP contribution is 2.28. The Hall–Kier alpha value is -1.81. The van der Waals surface area contributed by atoms with Gasteiger partial charge >= 0.3 is 6.09 Å². The summed E-state index contributed by atoms with van der Waals surface area (Å²) < 4.78 is 4.97. The number of nitriles is 1. The van der Waals surface area contributed by atoms with Crippen molar-refractivity contribution in [3.05, 3.63) is 0 Å². The molecule has 0 spiro atoms. The lowest BCUT2D eigenvalue weighted by molar-refractivity contribution is -0.123. The lowest BCUT2D eigenvalue weighted by atomic mass is 10.00. The van der Waals surface area contributed by atoms with E-state index in [1.165, 1.54) is 0 Å². The van der Waals surface area contributed by atoms with Gasteiger partial charge in [0.25, 0.3) is 0 Å². The minimum atomic E-state index is -0.663. The molecule has 0 atom stereocenters. The second-order valence-electron chi connectivity index (χ2n) is 5.91. The van der Waals surface area contributed by atoms with Crippen molar-refractivity contribution in [2.45, 2.75) is 38.1 Å². The third kappa shape index (κ3) is 4.10. The first-order valence-electron chi connectivity index (χ1n) is 7.95. The highest BCUT2D eigenvalue weighted by Gasteiger charge is 2.35. The predicted octanol–water partition coefficient (Wildman–Crippen LogP) is 0.713. The van der Waals surface area contributed by atoms with Crippen LogP contribution in [0.1, 0.15) is 32.6 Å². The number of nitrogens with one attached hydrogen (secondary N) is 1. The Morgan fingerprint density at radius 3 is 2.41 bits per heavy atom. The van der Waals surface area contributed by atoms with E-state index in [9.17, 15) is 14.9 Å². The maximum atomic E-state index is 12.1. The van der Waals surface area contributed by atoms with E-state index in [1.807, 2.05) is 4.90 Å². The number of hydrogen-bond donors (Lipinski definition) is 1. The number of ether oxygens (including phenoxy) is 1. The summed E-state index contributed by atoms with van der Waals surface area (Å²) >= 11 is 0. The molecule has 0 aromatic rings. The van der Waals surface area contributed by atoms with Crippen LogP contribution < -0.4 is 5.32 Å². The minimum absolute atomic E-state index is 0.104. The Balaban J connectivity index is 1.75. The van der Waals surface area contributed by atoms with Crippen molar-refractivity contribution in [2.24, 2.45) is 0 Å². The fraction of sp³-hybridized carbons (Fsp3) is 0.800. The number of piperazine rings is 1. The van der Waals surface area contributed by atoms with E-state index < -0.39 is 5.54 Å². The highest BCUT2D eigenvalue weighted by molar-refractivity contribution is 5.79. The average molecular weight is 308 g/mol. The van der Waals surface area contributed by atoms with E-state index in [0.29, 0.717) is 32.8 Å². The second-order valence-corrected chi connectivity index (χ2v) is 5.91. The molecule has 22 heavy (non-hydrogen) atoms. The quantitative estimate of drug-likeness (QED) is 0.827. The monoisotopic (exact) mass is 308 g/mol. The molecule has 0 aromatic carbocycles. The molecule has 0 aromatic heterocycles. The van der Waals surface area contributed by atoms with E-state index in [1.54, 1.807) is 11.8 Å². The molecule has 122 valence electrons. The van der Waals surface area contributed by atoms with Crippen LogP contribution in [0.15, 0.2) is 0 Å². The first kappa shape index (κ1) is 16.6. The van der Waals surface area contributed by atoms with Gasteiger partial charge in [0.15, 0.2) is 0 Å². The van der Waals surface area contributed by atoms with E-state index >= 15 is 0 Å². The third-order valence-electron chi connectivity index (χ3n) is 4.32. The first-order valence-corrected chi connectivity index (χ1v) is 7.95. The van der Waals surface area contributed by atoms with Gasteiger partial charge < -0.3 is 15.0 Å². The smallest absolute Gasteiger partial charge is 0.409 e. The second kappa shape index (κ2) is 7.45. The summed E-state index contributed by atoms with van der Waals surface area (Å²) in [7, 11) is 0. The van der Waals surface area contributed by atoms with Gasteiger partial charge in [-0.3, -0.25) is 9.69 Å². The Bertz CT molecular complexity index is 446. The van der Waals surface area contributed by atoms with Gasteiger partial charge in [-0.25, -0.2) is 4.79 Å². The topological polar surface area (TPSA) is 85.7 Å². The summed E-state index contributed by atoms with van der Waals surface area (Å²) in [4.78, 5) is 27.4. The van der Waals surface area contributed by atoms with Crippen molar-refractivity contribution in [3.63, 3.8) is 0 Å². The third-order valence-corrected chi connectivity index (χ3v) is 4.32. The number of carbonyl (C=O) groups excluding carboxylic acids is 2. The molecule has 1 saturated heterocycles. The summed E-state index contributed by atoms with van der Waals surface area (Å²) in [6.07, 6.45) is 3.18. The Kier molecular flexibility index (Phi) is 5.61. The van der Waals surface area contributed by atoms with Crippen LogP contribution in [0, 0.1) is 11.3 Å². The fourth-order valence-corrected chi connectivity index (χ4v) is 3.06. The predicted molar refractivity (Wildman–Crippen MR) is 80.0 cm³/mol. The van der Waals surface area contributed by atoms with Crippen molar-refractivity contribution in [1.29, 1.82) is 5.26 Å². The molecule has 0 unspecified atom stereocenters. The van der Waals surface area contributed by atoms with Gasteiger partial charge in [0.2, 0.25) is 5.91 Å². The van der Waals surface area contributed by atoms with Crippen LogP contribution in [0.3, 0.4) is 0 Å². The molecule has 0 radical (unpaired) electrons. The maximum Gasteiger partial charge on any atom is 0.409 e. The number of hydrogen-bond acceptors (Lipinski definition) is 5. The van der Waals surface area contributed by atoms with Crippen LogP contribution >= 0.6 is 0 Å². The average Bonchev–Trinajstić information content (AvgIpc) is 2.97. The van der Waals surface area contributed by atoms with Crippen LogP contribution in [0.25, 0.3) is 0 Å². The molecule has 2 rings (SSSR count). The number of rotatable bonds is 4. The number of nitrogens with zero attached hydrogens (tertiary/aromatic N) is 3. The van der Waals surface area contributed by atoms with Crippen molar-refractivity contribution in [1.82, 2.24) is 15.1 Å². The highest BCUT2D eigenvalue weighted by atomic mass is 16.6. The van der Waals surface area contributed by atoms with Crippen molar-refractivity contribution < 1.29 is 14.3 Å². The van der Waals surface area contributed by atoms with Gasteiger partial charge in [0.05, 0.1) is 19.2 Å². The first-order chi connectivity index (χ1) is 10.6. The zero-order valence-electron chi connectivity index (χ0n) is 13.1. The van der Waals surface area contributed by atoms with Crippen molar-refractivity contribution >= 4 is 12.0 Å². The molecule has 2 fully saturated rings. The van der Waals surface area contributed by atoms with Crippen molar-refractivity contribution in [3.8, 4) is 6.07 Å². The van der Waals surface area contributed by atoms with Crippen LogP contribution in [-0.4, -0.2) is 66.7 Å². The van der Waals surface area contributed by atoms with Crippen LogP contribution in [0.5, 0.6) is 0 Å². The lowest BCUT2D eigenvalue weighted by Gasteiger charge is -2.34. The van der Waals surface area contributed by atoms with Gasteiger partial charge in [-0.1, -0.05) is 0 Å². The molecule has 1 N–H and O–H groups in total. The van der Waals surface area contributed by atoms with Crippen molar-refractivity contribution in [2.75, 3.05) is 39.3 Å². The summed E-state index contributed by atoms with van der Waals surface area (Å²) in [5.41, 5.74) is -0.663. The molecule has 1 aliphatic carbocycles. The maximum absolute atomic E-state index is 12.1. The molecule has 1 saturated carbocycles. The van der Waals surface area contributed by atoms with Crippen LogP contribution in [0.4, 0.5) is 4.79 Å². The number of carbonyl (C=O) groups is 2. The Morgan fingerprint density at radius 2 is 1.86 bits per heavy atom. The molecule has 7 heteroatoms. The summed E-state index contributed by atoms with van der Waals surface area (Å²) in [6.45, 7) is 4.85. The lowest BCUT2D eigenvalue weighted by Crippen LogP contribution is -2.53. The SMILES string of the molecule is CCOC(=O)N1CCN(CC(=O)NC2(C#N)CCCC2)CC1. The summed E-state index contributed by atoms with van der Waals surface area (Å²) in [5, 5.41) is 12.2. The molecule has 0 bridgehead atoms. The fourth-order valence-electron chi connectivity index (χ4n) is 3.06. The molecule has 1 aliphatic heterocycles. The van der Waals surface area contributed by atoms with E-state index in [-0.39, 0.29) is 18.5 Å². The molecular weight excluding hydrogens is 284 g/mol. The van der Waals surface area contributed by atoms with Gasteiger partial charge in [0.1, 0.15) is 5.54 Å². The molecule has 2 amide bonds. The Labute approximate surface area is 131 Å². The van der Waals surface area contributed by atoms with Gasteiger partial charge in [-0.15, -0.1) is 0 Å². The van der Waals surface area contributed by atoms with Gasteiger partial charge in [-0.05, 0) is 32.6 Å². The molecular formula is C15H24N4O3. The van der Waals surface area contributed by atoms with E-state index in [0.717, 1.165) is 25.7 Å². The molecule has 1 heterocycles. The minimum Gasteiger partial charge on any atom is -0.450 e. The number of amides is 2. The van der Waals surface area contributed by atoms with Gasteiger partial charge in [-0.2, -0.15) is 5.26 Å². The van der Waals surface area contributed by atoms with Crippen LogP contribution in [0.2, 0.25) is 0 Å². The largest absolute Gasteiger partial charge is 0.450 e. The summed E-state index contributed by atoms with van der Waals surface area (Å²) in [6, 6.07) is 2.26. The molecule has 7 nitrogen and oxygen atoms in total. The van der Waals surface area contributed by atoms with E-state index in [4.69, 9.17) is 4.74 Å². The van der Waals surface area contributed by atoms with Crippen LogP contribution in [-0.2, 0) is 9.53 Å². The normalized spacial score (nSPS) is 21.2.